The maximum absolute atomic E-state index is 11.0. The number of carbonyl (C=O) groups excluding carboxylic acids is 1. The zero-order valence-electron chi connectivity index (χ0n) is 9.60. The van der Waals surface area contributed by atoms with E-state index in [1.165, 1.54) is 12.7 Å². The molecule has 0 aliphatic heterocycles. The Morgan fingerprint density at radius 2 is 2.00 bits per heavy atom. The quantitative estimate of drug-likeness (QED) is 0.806. The molecule has 0 saturated heterocycles. The molecular weight excluding hydrogens is 226 g/mol. The summed E-state index contributed by atoms with van der Waals surface area (Å²) < 4.78 is 4.59. The Morgan fingerprint density at radius 3 is 2.56 bits per heavy atom. The largest absolute Gasteiger partial charge is 0.469 e. The van der Waals surface area contributed by atoms with Crippen molar-refractivity contribution >= 4 is 18.4 Å². The minimum Gasteiger partial charge on any atom is -0.469 e. The molecule has 1 rings (SSSR count). The summed E-state index contributed by atoms with van der Waals surface area (Å²) in [6, 6.07) is 10.2. The SMILES string of the molecule is COC(=O)CC(C)NCc1ccccc1.Cl. The van der Waals surface area contributed by atoms with Crippen LogP contribution in [0.1, 0.15) is 18.9 Å². The highest BCUT2D eigenvalue weighted by molar-refractivity contribution is 5.85. The van der Waals surface area contributed by atoms with Crippen LogP contribution in [0.3, 0.4) is 0 Å². The Kier molecular flexibility index (Phi) is 7.60. The maximum Gasteiger partial charge on any atom is 0.307 e. The number of benzene rings is 1. The summed E-state index contributed by atoms with van der Waals surface area (Å²) in [7, 11) is 1.41. The first-order valence-electron chi connectivity index (χ1n) is 5.06. The van der Waals surface area contributed by atoms with E-state index >= 15 is 0 Å². The van der Waals surface area contributed by atoms with Crippen LogP contribution in [0.4, 0.5) is 0 Å². The second-order valence-corrected chi connectivity index (χ2v) is 3.55. The van der Waals surface area contributed by atoms with Crippen LogP contribution in [0, 0.1) is 0 Å². The van der Waals surface area contributed by atoms with E-state index in [2.05, 4.69) is 22.2 Å². The average molecular weight is 244 g/mol. The number of nitrogens with one attached hydrogen (secondary N) is 1. The molecule has 4 heteroatoms. The van der Waals surface area contributed by atoms with Gasteiger partial charge in [0.05, 0.1) is 13.5 Å². The molecule has 0 aliphatic rings. The van der Waals surface area contributed by atoms with E-state index in [0.29, 0.717) is 6.42 Å². The van der Waals surface area contributed by atoms with Gasteiger partial charge in [-0.3, -0.25) is 4.79 Å². The van der Waals surface area contributed by atoms with Gasteiger partial charge in [0.1, 0.15) is 0 Å². The Labute approximate surface area is 103 Å². The zero-order chi connectivity index (χ0) is 11.1. The number of hydrogen-bond acceptors (Lipinski definition) is 3. The van der Waals surface area contributed by atoms with Crippen LogP contribution in [0.15, 0.2) is 30.3 Å². The van der Waals surface area contributed by atoms with Crippen molar-refractivity contribution in [3.63, 3.8) is 0 Å². The van der Waals surface area contributed by atoms with Crippen molar-refractivity contribution in [2.45, 2.75) is 25.9 Å². The average Bonchev–Trinajstić information content (AvgIpc) is 2.27. The molecule has 0 bridgehead atoms. The summed E-state index contributed by atoms with van der Waals surface area (Å²) in [5.74, 6) is -0.178. The summed E-state index contributed by atoms with van der Waals surface area (Å²) in [4.78, 5) is 11.0. The lowest BCUT2D eigenvalue weighted by Crippen LogP contribution is -2.28. The van der Waals surface area contributed by atoms with Crippen LogP contribution < -0.4 is 5.32 Å². The fraction of sp³-hybridized carbons (Fsp3) is 0.417. The molecule has 0 radical (unpaired) electrons. The molecule has 1 aromatic carbocycles. The van der Waals surface area contributed by atoms with Gasteiger partial charge >= 0.3 is 5.97 Å². The van der Waals surface area contributed by atoms with Gasteiger partial charge in [-0.05, 0) is 12.5 Å². The highest BCUT2D eigenvalue weighted by Gasteiger charge is 2.07. The van der Waals surface area contributed by atoms with E-state index in [1.807, 2.05) is 25.1 Å². The van der Waals surface area contributed by atoms with Gasteiger partial charge in [0.2, 0.25) is 0 Å². The number of esters is 1. The van der Waals surface area contributed by atoms with E-state index in [-0.39, 0.29) is 24.4 Å². The lowest BCUT2D eigenvalue weighted by Gasteiger charge is -2.12. The van der Waals surface area contributed by atoms with Gasteiger partial charge in [-0.1, -0.05) is 30.3 Å². The fourth-order valence-electron chi connectivity index (χ4n) is 1.29. The fourth-order valence-corrected chi connectivity index (χ4v) is 1.29. The summed E-state index contributed by atoms with van der Waals surface area (Å²) >= 11 is 0. The van der Waals surface area contributed by atoms with Crippen LogP contribution in [0.2, 0.25) is 0 Å². The molecule has 1 N–H and O–H groups in total. The van der Waals surface area contributed by atoms with Crippen LogP contribution in [0.5, 0.6) is 0 Å². The van der Waals surface area contributed by atoms with Crippen molar-refractivity contribution in [1.29, 1.82) is 0 Å². The van der Waals surface area contributed by atoms with Crippen LogP contribution in [0.25, 0.3) is 0 Å². The molecule has 0 heterocycles. The van der Waals surface area contributed by atoms with Gasteiger partial charge in [-0.2, -0.15) is 0 Å². The molecule has 0 saturated carbocycles. The van der Waals surface area contributed by atoms with Crippen molar-refractivity contribution in [2.24, 2.45) is 0 Å². The Bertz CT molecular complexity index is 303. The number of methoxy groups -OCH3 is 1. The molecule has 0 spiro atoms. The van der Waals surface area contributed by atoms with Gasteiger partial charge in [-0.15, -0.1) is 12.4 Å². The monoisotopic (exact) mass is 243 g/mol. The van der Waals surface area contributed by atoms with Gasteiger partial charge in [0.25, 0.3) is 0 Å². The third kappa shape index (κ3) is 5.73. The molecule has 90 valence electrons. The lowest BCUT2D eigenvalue weighted by atomic mass is 10.2. The lowest BCUT2D eigenvalue weighted by molar-refractivity contribution is -0.141. The number of halogens is 1. The Balaban J connectivity index is 0.00000225. The molecule has 0 fully saturated rings. The first kappa shape index (κ1) is 14.9. The topological polar surface area (TPSA) is 38.3 Å². The van der Waals surface area contributed by atoms with Crippen molar-refractivity contribution in [3.05, 3.63) is 35.9 Å². The van der Waals surface area contributed by atoms with Crippen LogP contribution in [-0.4, -0.2) is 19.1 Å². The van der Waals surface area contributed by atoms with Gasteiger partial charge in [-0.25, -0.2) is 0 Å². The van der Waals surface area contributed by atoms with Crippen LogP contribution in [-0.2, 0) is 16.1 Å². The predicted molar refractivity (Wildman–Crippen MR) is 66.6 cm³/mol. The van der Waals surface area contributed by atoms with E-state index in [4.69, 9.17) is 0 Å². The Morgan fingerprint density at radius 1 is 1.38 bits per heavy atom. The number of hydrogen-bond donors (Lipinski definition) is 1. The minimum atomic E-state index is -0.178. The number of carbonyl (C=O) groups is 1. The molecule has 1 atom stereocenters. The normalized spacial score (nSPS) is 11.4. The second kappa shape index (κ2) is 8.13. The summed E-state index contributed by atoms with van der Waals surface area (Å²) in [5, 5.41) is 3.26. The molecule has 0 aliphatic carbocycles. The van der Waals surface area contributed by atoms with Crippen molar-refractivity contribution in [2.75, 3.05) is 7.11 Å². The molecule has 16 heavy (non-hydrogen) atoms. The van der Waals surface area contributed by atoms with Crippen molar-refractivity contribution in [1.82, 2.24) is 5.32 Å². The molecular formula is C12H18ClNO2. The molecule has 0 aromatic heterocycles. The van der Waals surface area contributed by atoms with Crippen molar-refractivity contribution < 1.29 is 9.53 Å². The molecule has 0 amide bonds. The van der Waals surface area contributed by atoms with Crippen molar-refractivity contribution in [3.8, 4) is 0 Å². The second-order valence-electron chi connectivity index (χ2n) is 3.55. The molecule has 1 aromatic rings. The van der Waals surface area contributed by atoms with Gasteiger partial charge in [0.15, 0.2) is 0 Å². The summed E-state index contributed by atoms with van der Waals surface area (Å²) in [6.07, 6.45) is 0.406. The number of rotatable bonds is 5. The Hall–Kier alpha value is -1.06. The minimum absolute atomic E-state index is 0. The van der Waals surface area contributed by atoms with E-state index in [9.17, 15) is 4.79 Å². The van der Waals surface area contributed by atoms with Gasteiger partial charge < -0.3 is 10.1 Å². The zero-order valence-corrected chi connectivity index (χ0v) is 10.4. The first-order valence-corrected chi connectivity index (χ1v) is 5.06. The van der Waals surface area contributed by atoms with E-state index in [0.717, 1.165) is 6.54 Å². The molecule has 1 unspecified atom stereocenters. The predicted octanol–water partition coefficient (Wildman–Crippen LogP) is 2.15. The third-order valence-corrected chi connectivity index (χ3v) is 2.20. The third-order valence-electron chi connectivity index (χ3n) is 2.20. The molecule has 3 nitrogen and oxygen atoms in total. The highest BCUT2D eigenvalue weighted by atomic mass is 35.5. The van der Waals surface area contributed by atoms with E-state index in [1.54, 1.807) is 0 Å². The van der Waals surface area contributed by atoms with Crippen LogP contribution >= 0.6 is 12.4 Å². The summed E-state index contributed by atoms with van der Waals surface area (Å²) in [5.41, 5.74) is 1.22. The standard InChI is InChI=1S/C12H17NO2.ClH/c1-10(8-12(14)15-2)13-9-11-6-4-3-5-7-11;/h3-7,10,13H,8-9H2,1-2H3;1H. The van der Waals surface area contributed by atoms with Gasteiger partial charge in [0, 0.05) is 12.6 Å². The van der Waals surface area contributed by atoms with E-state index < -0.39 is 0 Å². The summed E-state index contributed by atoms with van der Waals surface area (Å²) in [6.45, 7) is 2.75. The highest BCUT2D eigenvalue weighted by Crippen LogP contribution is 2.00. The number of ether oxygens (including phenoxy) is 1. The first-order chi connectivity index (χ1) is 7.22. The maximum atomic E-state index is 11.0. The smallest absolute Gasteiger partial charge is 0.307 e.